The van der Waals surface area contributed by atoms with Crippen LogP contribution in [0.25, 0.3) is 6.08 Å². The van der Waals surface area contributed by atoms with Gasteiger partial charge < -0.3 is 4.74 Å². The Morgan fingerprint density at radius 3 is 2.17 bits per heavy atom. The Morgan fingerprint density at radius 2 is 1.62 bits per heavy atom. The second kappa shape index (κ2) is 9.02. The number of hydrogen-bond donors (Lipinski definition) is 0. The minimum absolute atomic E-state index is 0.0578. The number of benzene rings is 2. The molecule has 3 heteroatoms. The van der Waals surface area contributed by atoms with Crippen LogP contribution >= 0.6 is 0 Å². The van der Waals surface area contributed by atoms with E-state index in [1.165, 1.54) is 0 Å². The Bertz CT molecular complexity index is 676. The van der Waals surface area contributed by atoms with Crippen LogP contribution in [0, 0.1) is 11.3 Å². The van der Waals surface area contributed by atoms with Gasteiger partial charge in [-0.15, -0.1) is 0 Å². The van der Waals surface area contributed by atoms with Gasteiger partial charge in [-0.3, -0.25) is 4.90 Å². The third-order valence-electron chi connectivity index (χ3n) is 4.30. The van der Waals surface area contributed by atoms with Gasteiger partial charge in [0.1, 0.15) is 6.04 Å². The van der Waals surface area contributed by atoms with E-state index >= 15 is 0 Å². The molecule has 0 heterocycles. The SMILES string of the molecule is CO[C@H](c1ccccc1)[C@H](C)N(C)[C@@H](C#N)/C=C/c1ccccc1. The Hall–Kier alpha value is -2.41. The summed E-state index contributed by atoms with van der Waals surface area (Å²) in [5, 5.41) is 9.56. The topological polar surface area (TPSA) is 36.3 Å². The van der Waals surface area contributed by atoms with Crippen LogP contribution in [0.5, 0.6) is 0 Å². The summed E-state index contributed by atoms with van der Waals surface area (Å²) in [6.07, 6.45) is 3.84. The summed E-state index contributed by atoms with van der Waals surface area (Å²) in [6, 6.07) is 22.2. The summed E-state index contributed by atoms with van der Waals surface area (Å²) >= 11 is 0. The highest BCUT2D eigenvalue weighted by Gasteiger charge is 2.26. The van der Waals surface area contributed by atoms with Crippen LogP contribution in [-0.2, 0) is 4.74 Å². The molecule has 0 spiro atoms. The quantitative estimate of drug-likeness (QED) is 0.763. The minimum Gasteiger partial charge on any atom is -0.375 e. The van der Waals surface area contributed by atoms with Crippen molar-refractivity contribution in [3.63, 3.8) is 0 Å². The molecule has 0 amide bonds. The molecule has 2 aromatic rings. The van der Waals surface area contributed by atoms with Crippen molar-refractivity contribution in [2.24, 2.45) is 0 Å². The number of hydrogen-bond acceptors (Lipinski definition) is 3. The monoisotopic (exact) mass is 320 g/mol. The first-order valence-corrected chi connectivity index (χ1v) is 8.10. The molecule has 0 bridgehead atoms. The molecule has 3 atom stereocenters. The molecule has 24 heavy (non-hydrogen) atoms. The highest BCUT2D eigenvalue weighted by Crippen LogP contribution is 2.25. The number of nitriles is 1. The molecule has 0 fully saturated rings. The van der Waals surface area contributed by atoms with E-state index in [2.05, 4.69) is 25.1 Å². The maximum atomic E-state index is 9.56. The van der Waals surface area contributed by atoms with Crippen LogP contribution in [0.2, 0.25) is 0 Å². The summed E-state index contributed by atoms with van der Waals surface area (Å²) in [5.74, 6) is 0. The van der Waals surface area contributed by atoms with Crippen LogP contribution < -0.4 is 0 Å². The van der Waals surface area contributed by atoms with E-state index in [-0.39, 0.29) is 18.2 Å². The van der Waals surface area contributed by atoms with Crippen LogP contribution in [0.3, 0.4) is 0 Å². The Balaban J connectivity index is 2.13. The highest BCUT2D eigenvalue weighted by molar-refractivity contribution is 5.50. The molecule has 2 rings (SSSR count). The van der Waals surface area contributed by atoms with Gasteiger partial charge in [0.05, 0.1) is 12.2 Å². The van der Waals surface area contributed by atoms with Gasteiger partial charge in [0.25, 0.3) is 0 Å². The molecule has 3 nitrogen and oxygen atoms in total. The third-order valence-corrected chi connectivity index (χ3v) is 4.30. The third kappa shape index (κ3) is 4.55. The van der Waals surface area contributed by atoms with Gasteiger partial charge in [-0.1, -0.05) is 72.8 Å². The molecular formula is C21H24N2O. The van der Waals surface area contributed by atoms with Gasteiger partial charge in [0.15, 0.2) is 0 Å². The van der Waals surface area contributed by atoms with E-state index in [1.54, 1.807) is 7.11 Å². The lowest BCUT2D eigenvalue weighted by atomic mass is 10.0. The normalized spacial score (nSPS) is 15.1. The lowest BCUT2D eigenvalue weighted by Crippen LogP contribution is -2.40. The zero-order valence-electron chi connectivity index (χ0n) is 14.5. The number of nitrogens with zero attached hydrogens (tertiary/aromatic N) is 2. The summed E-state index contributed by atoms with van der Waals surface area (Å²) in [7, 11) is 3.67. The predicted octanol–water partition coefficient (Wildman–Crippen LogP) is 4.30. The molecule has 0 aromatic heterocycles. The Morgan fingerprint density at radius 1 is 1.04 bits per heavy atom. The average Bonchev–Trinajstić information content (AvgIpc) is 2.64. The van der Waals surface area contributed by atoms with E-state index < -0.39 is 0 Å². The fourth-order valence-corrected chi connectivity index (χ4v) is 2.76. The molecule has 0 saturated carbocycles. The van der Waals surface area contributed by atoms with Gasteiger partial charge >= 0.3 is 0 Å². The van der Waals surface area contributed by atoms with Crippen LogP contribution in [-0.4, -0.2) is 31.1 Å². The molecule has 0 aliphatic carbocycles. The molecule has 2 aromatic carbocycles. The summed E-state index contributed by atoms with van der Waals surface area (Å²) < 4.78 is 5.70. The molecule has 124 valence electrons. The van der Waals surface area contributed by atoms with Gasteiger partial charge in [-0.05, 0) is 25.1 Å². The van der Waals surface area contributed by atoms with Crippen molar-refractivity contribution in [3.8, 4) is 6.07 Å². The van der Waals surface area contributed by atoms with Crippen LogP contribution in [0.1, 0.15) is 24.2 Å². The van der Waals surface area contributed by atoms with Crippen molar-refractivity contribution in [2.75, 3.05) is 14.2 Å². The van der Waals surface area contributed by atoms with Crippen molar-refractivity contribution >= 4 is 6.08 Å². The first kappa shape index (κ1) is 17.9. The van der Waals surface area contributed by atoms with Gasteiger partial charge in [0, 0.05) is 13.2 Å². The van der Waals surface area contributed by atoms with E-state index in [1.807, 2.05) is 72.6 Å². The van der Waals surface area contributed by atoms with Crippen LogP contribution in [0.4, 0.5) is 0 Å². The number of likely N-dealkylation sites (N-methyl/N-ethyl adjacent to an activating group) is 1. The fourth-order valence-electron chi connectivity index (χ4n) is 2.76. The van der Waals surface area contributed by atoms with E-state index in [0.717, 1.165) is 11.1 Å². The Kier molecular flexibility index (Phi) is 6.74. The first-order chi connectivity index (χ1) is 11.7. The number of methoxy groups -OCH3 is 1. The number of rotatable bonds is 7. The first-order valence-electron chi connectivity index (χ1n) is 8.10. The maximum Gasteiger partial charge on any atom is 0.117 e. The summed E-state index contributed by atoms with van der Waals surface area (Å²) in [6.45, 7) is 2.09. The summed E-state index contributed by atoms with van der Waals surface area (Å²) in [4.78, 5) is 2.04. The number of ether oxygens (including phenoxy) is 1. The van der Waals surface area contributed by atoms with Crippen molar-refractivity contribution in [2.45, 2.75) is 25.1 Å². The van der Waals surface area contributed by atoms with Crippen molar-refractivity contribution in [3.05, 3.63) is 77.9 Å². The van der Waals surface area contributed by atoms with E-state index in [0.29, 0.717) is 0 Å². The highest BCUT2D eigenvalue weighted by atomic mass is 16.5. The second-order valence-corrected chi connectivity index (χ2v) is 5.82. The minimum atomic E-state index is -0.318. The molecule has 0 saturated heterocycles. The standard InChI is InChI=1S/C21H24N2O/c1-17(21(24-3)19-12-8-5-9-13-19)23(2)20(16-22)15-14-18-10-6-4-7-11-18/h4-15,17,20-21H,1-3H3/b15-14+/t17-,20+,21-/m0/s1. The van der Waals surface area contributed by atoms with E-state index in [4.69, 9.17) is 4.74 Å². The van der Waals surface area contributed by atoms with Gasteiger partial charge in [0.2, 0.25) is 0 Å². The summed E-state index contributed by atoms with van der Waals surface area (Å²) in [5.41, 5.74) is 2.20. The van der Waals surface area contributed by atoms with Gasteiger partial charge in [-0.2, -0.15) is 5.26 Å². The molecule has 0 aliphatic heterocycles. The lowest BCUT2D eigenvalue weighted by Gasteiger charge is -2.33. The largest absolute Gasteiger partial charge is 0.375 e. The van der Waals surface area contributed by atoms with Crippen molar-refractivity contribution < 1.29 is 4.74 Å². The van der Waals surface area contributed by atoms with Crippen LogP contribution in [0.15, 0.2) is 66.7 Å². The predicted molar refractivity (Wildman–Crippen MR) is 98.3 cm³/mol. The zero-order valence-corrected chi connectivity index (χ0v) is 14.5. The lowest BCUT2D eigenvalue weighted by molar-refractivity contribution is 0.0273. The van der Waals surface area contributed by atoms with Gasteiger partial charge in [-0.25, -0.2) is 0 Å². The average molecular weight is 320 g/mol. The zero-order chi connectivity index (χ0) is 17.4. The fraction of sp³-hybridized carbons (Fsp3) is 0.286. The van der Waals surface area contributed by atoms with Crippen molar-refractivity contribution in [1.29, 1.82) is 5.26 Å². The molecular weight excluding hydrogens is 296 g/mol. The molecule has 0 aliphatic rings. The Labute approximate surface area is 144 Å². The van der Waals surface area contributed by atoms with E-state index in [9.17, 15) is 5.26 Å². The second-order valence-electron chi connectivity index (χ2n) is 5.82. The smallest absolute Gasteiger partial charge is 0.117 e. The maximum absolute atomic E-state index is 9.56. The molecule has 0 radical (unpaired) electrons. The molecule has 0 unspecified atom stereocenters. The van der Waals surface area contributed by atoms with Crippen molar-refractivity contribution in [1.82, 2.24) is 4.90 Å². The molecule has 0 N–H and O–H groups in total.